The standard InChI is InChI=1S/C14H11ClN2O/c1-8-9(2)13(17-14(18)11(8)7-16)10-5-3-4-6-12(10)15/h3-6H,1-2H3,(H,17,18). The molecule has 0 aliphatic carbocycles. The van der Waals surface area contributed by atoms with Crippen molar-refractivity contribution in [2.75, 3.05) is 0 Å². The minimum atomic E-state index is -0.379. The molecule has 2 aromatic rings. The third kappa shape index (κ3) is 1.92. The van der Waals surface area contributed by atoms with Crippen LogP contribution < -0.4 is 5.56 Å². The van der Waals surface area contributed by atoms with Gasteiger partial charge in [0.15, 0.2) is 0 Å². The molecular weight excluding hydrogens is 248 g/mol. The second-order valence-corrected chi connectivity index (χ2v) is 4.45. The van der Waals surface area contributed by atoms with E-state index in [4.69, 9.17) is 16.9 Å². The first kappa shape index (κ1) is 12.4. The Kier molecular flexibility index (Phi) is 3.22. The van der Waals surface area contributed by atoms with Crippen LogP contribution in [0.3, 0.4) is 0 Å². The van der Waals surface area contributed by atoms with Gasteiger partial charge in [0, 0.05) is 10.6 Å². The van der Waals surface area contributed by atoms with E-state index in [2.05, 4.69) is 4.98 Å². The number of halogens is 1. The average Bonchev–Trinajstić information content (AvgIpc) is 2.35. The van der Waals surface area contributed by atoms with Crippen molar-refractivity contribution in [2.45, 2.75) is 13.8 Å². The van der Waals surface area contributed by atoms with Gasteiger partial charge in [-0.1, -0.05) is 29.8 Å². The predicted molar refractivity (Wildman–Crippen MR) is 71.7 cm³/mol. The van der Waals surface area contributed by atoms with Crippen LogP contribution in [0, 0.1) is 25.2 Å². The highest BCUT2D eigenvalue weighted by Gasteiger charge is 2.13. The highest BCUT2D eigenvalue weighted by atomic mass is 35.5. The van der Waals surface area contributed by atoms with Crippen molar-refractivity contribution in [3.05, 3.63) is 56.3 Å². The number of rotatable bonds is 1. The first-order valence-corrected chi connectivity index (χ1v) is 5.82. The smallest absolute Gasteiger partial charge is 0.266 e. The van der Waals surface area contributed by atoms with E-state index < -0.39 is 0 Å². The highest BCUT2D eigenvalue weighted by molar-refractivity contribution is 6.33. The molecule has 0 fully saturated rings. The number of aromatic nitrogens is 1. The Morgan fingerprint density at radius 3 is 2.50 bits per heavy atom. The summed E-state index contributed by atoms with van der Waals surface area (Å²) in [6.07, 6.45) is 0. The largest absolute Gasteiger partial charge is 0.320 e. The van der Waals surface area contributed by atoms with Gasteiger partial charge in [0.1, 0.15) is 11.6 Å². The second kappa shape index (κ2) is 4.67. The van der Waals surface area contributed by atoms with Gasteiger partial charge in [-0.2, -0.15) is 5.26 Å². The fourth-order valence-corrected chi connectivity index (χ4v) is 2.11. The molecular formula is C14H11ClN2O. The Hall–Kier alpha value is -2.05. The fraction of sp³-hybridized carbons (Fsp3) is 0.143. The number of hydrogen-bond acceptors (Lipinski definition) is 2. The molecule has 3 nitrogen and oxygen atoms in total. The van der Waals surface area contributed by atoms with Crippen LogP contribution in [0.4, 0.5) is 0 Å². The van der Waals surface area contributed by atoms with Crippen molar-refractivity contribution in [1.29, 1.82) is 5.26 Å². The number of benzene rings is 1. The van der Waals surface area contributed by atoms with Crippen LogP contribution in [0.2, 0.25) is 5.02 Å². The van der Waals surface area contributed by atoms with Crippen molar-refractivity contribution in [3.8, 4) is 17.3 Å². The summed E-state index contributed by atoms with van der Waals surface area (Å²) in [5.74, 6) is 0. The van der Waals surface area contributed by atoms with Gasteiger partial charge in [0.2, 0.25) is 0 Å². The average molecular weight is 259 g/mol. The maximum absolute atomic E-state index is 11.8. The fourth-order valence-electron chi connectivity index (χ4n) is 1.88. The van der Waals surface area contributed by atoms with Crippen LogP contribution in [0.5, 0.6) is 0 Å². The zero-order valence-electron chi connectivity index (χ0n) is 10.0. The molecule has 2 rings (SSSR count). The molecule has 0 saturated heterocycles. The topological polar surface area (TPSA) is 56.6 Å². The number of nitriles is 1. The Labute approximate surface area is 110 Å². The Morgan fingerprint density at radius 2 is 1.89 bits per heavy atom. The zero-order chi connectivity index (χ0) is 13.3. The highest BCUT2D eigenvalue weighted by Crippen LogP contribution is 2.29. The summed E-state index contributed by atoms with van der Waals surface area (Å²) in [5, 5.41) is 9.51. The summed E-state index contributed by atoms with van der Waals surface area (Å²) in [7, 11) is 0. The molecule has 0 aliphatic heterocycles. The SMILES string of the molecule is Cc1c(-c2ccccc2Cl)[nH]c(=O)c(C#N)c1C. The Balaban J connectivity index is 2.80. The van der Waals surface area contributed by atoms with Gasteiger partial charge in [-0.25, -0.2) is 0 Å². The quantitative estimate of drug-likeness (QED) is 0.854. The van der Waals surface area contributed by atoms with Crippen molar-refractivity contribution in [1.82, 2.24) is 4.98 Å². The van der Waals surface area contributed by atoms with E-state index in [9.17, 15) is 4.79 Å². The van der Waals surface area contributed by atoms with Crippen LogP contribution >= 0.6 is 11.6 Å². The Morgan fingerprint density at radius 1 is 1.22 bits per heavy atom. The second-order valence-electron chi connectivity index (χ2n) is 4.05. The molecule has 1 heterocycles. The molecule has 18 heavy (non-hydrogen) atoms. The molecule has 1 aromatic carbocycles. The summed E-state index contributed by atoms with van der Waals surface area (Å²) >= 11 is 6.12. The normalized spacial score (nSPS) is 10.1. The van der Waals surface area contributed by atoms with E-state index in [1.807, 2.05) is 31.2 Å². The number of hydrogen-bond donors (Lipinski definition) is 1. The first-order chi connectivity index (χ1) is 8.56. The lowest BCUT2D eigenvalue weighted by Crippen LogP contribution is -2.15. The number of nitrogens with one attached hydrogen (secondary N) is 1. The van der Waals surface area contributed by atoms with Crippen molar-refractivity contribution < 1.29 is 0 Å². The van der Waals surface area contributed by atoms with E-state index in [0.29, 0.717) is 16.3 Å². The van der Waals surface area contributed by atoms with E-state index in [0.717, 1.165) is 11.1 Å². The van der Waals surface area contributed by atoms with Gasteiger partial charge in [-0.05, 0) is 31.0 Å². The predicted octanol–water partition coefficient (Wildman–Crippen LogP) is 3.18. The number of pyridine rings is 1. The molecule has 0 radical (unpaired) electrons. The van der Waals surface area contributed by atoms with Crippen LogP contribution in [0.15, 0.2) is 29.1 Å². The van der Waals surface area contributed by atoms with Gasteiger partial charge in [0.05, 0.1) is 5.69 Å². The summed E-state index contributed by atoms with van der Waals surface area (Å²) in [5.41, 5.74) is 2.76. The first-order valence-electron chi connectivity index (χ1n) is 5.44. The zero-order valence-corrected chi connectivity index (χ0v) is 10.8. The lowest BCUT2D eigenvalue weighted by Gasteiger charge is -2.11. The lowest BCUT2D eigenvalue weighted by molar-refractivity contribution is 1.14. The number of aromatic amines is 1. The maximum Gasteiger partial charge on any atom is 0.266 e. The number of nitrogens with zero attached hydrogens (tertiary/aromatic N) is 1. The van der Waals surface area contributed by atoms with Gasteiger partial charge in [0.25, 0.3) is 5.56 Å². The van der Waals surface area contributed by atoms with Crippen LogP contribution in [-0.4, -0.2) is 4.98 Å². The minimum absolute atomic E-state index is 0.156. The van der Waals surface area contributed by atoms with Crippen molar-refractivity contribution >= 4 is 11.6 Å². The molecule has 0 aliphatic rings. The van der Waals surface area contributed by atoms with Gasteiger partial charge in [-0.3, -0.25) is 4.79 Å². The summed E-state index contributed by atoms with van der Waals surface area (Å²) in [6, 6.07) is 9.21. The van der Waals surface area contributed by atoms with E-state index in [1.165, 1.54) is 0 Å². The maximum atomic E-state index is 11.8. The number of H-pyrrole nitrogens is 1. The lowest BCUT2D eigenvalue weighted by atomic mass is 10.00. The third-order valence-electron chi connectivity index (χ3n) is 3.03. The molecule has 0 spiro atoms. The third-order valence-corrected chi connectivity index (χ3v) is 3.36. The molecule has 1 N–H and O–H groups in total. The van der Waals surface area contributed by atoms with Gasteiger partial charge >= 0.3 is 0 Å². The molecule has 4 heteroatoms. The Bertz CT molecular complexity index is 711. The summed E-state index contributed by atoms with van der Waals surface area (Å²) in [4.78, 5) is 14.5. The van der Waals surface area contributed by atoms with Gasteiger partial charge < -0.3 is 4.98 Å². The molecule has 0 bridgehead atoms. The molecule has 0 atom stereocenters. The van der Waals surface area contributed by atoms with E-state index >= 15 is 0 Å². The molecule has 0 unspecified atom stereocenters. The summed E-state index contributed by atoms with van der Waals surface area (Å²) in [6.45, 7) is 3.63. The molecule has 0 saturated carbocycles. The van der Waals surface area contributed by atoms with Crippen LogP contribution in [0.1, 0.15) is 16.7 Å². The van der Waals surface area contributed by atoms with E-state index in [-0.39, 0.29) is 11.1 Å². The molecule has 0 amide bonds. The van der Waals surface area contributed by atoms with Crippen molar-refractivity contribution in [3.63, 3.8) is 0 Å². The van der Waals surface area contributed by atoms with Crippen LogP contribution in [0.25, 0.3) is 11.3 Å². The van der Waals surface area contributed by atoms with Crippen LogP contribution in [-0.2, 0) is 0 Å². The monoisotopic (exact) mass is 258 g/mol. The molecule has 90 valence electrons. The van der Waals surface area contributed by atoms with E-state index in [1.54, 1.807) is 13.0 Å². The van der Waals surface area contributed by atoms with Crippen molar-refractivity contribution in [2.24, 2.45) is 0 Å². The molecule has 1 aromatic heterocycles. The summed E-state index contributed by atoms with van der Waals surface area (Å²) < 4.78 is 0. The minimum Gasteiger partial charge on any atom is -0.320 e. The van der Waals surface area contributed by atoms with Gasteiger partial charge in [-0.15, -0.1) is 0 Å².